The van der Waals surface area contributed by atoms with Crippen molar-refractivity contribution in [2.75, 3.05) is 13.1 Å². The van der Waals surface area contributed by atoms with Crippen molar-refractivity contribution in [1.82, 2.24) is 0 Å². The van der Waals surface area contributed by atoms with E-state index in [-0.39, 0.29) is 0 Å². The first-order valence-electron chi connectivity index (χ1n) is 9.34. The minimum Gasteiger partial charge on any atom is -0.634 e. The average molecular weight is 284 g/mol. The van der Waals surface area contributed by atoms with Gasteiger partial charge in [-0.3, -0.25) is 0 Å². The van der Waals surface area contributed by atoms with Gasteiger partial charge in [0.05, 0.1) is 13.1 Å². The highest BCUT2D eigenvalue weighted by molar-refractivity contribution is 4.64. The zero-order chi connectivity index (χ0) is 14.5. The fraction of sp³-hybridized carbons (Fsp3) is 1.00. The van der Waals surface area contributed by atoms with Gasteiger partial charge in [0.15, 0.2) is 0 Å². The lowest BCUT2D eigenvalue weighted by Crippen LogP contribution is -3.08. The summed E-state index contributed by atoms with van der Waals surface area (Å²) in [7, 11) is 0. The summed E-state index contributed by atoms with van der Waals surface area (Å²) in [6.45, 7) is 4.01. The summed E-state index contributed by atoms with van der Waals surface area (Å²) in [5, 5.41) is 12.5. The Balaban J connectivity index is 1.83. The van der Waals surface area contributed by atoms with Crippen LogP contribution < -0.4 is 5.06 Å². The van der Waals surface area contributed by atoms with Crippen molar-refractivity contribution in [3.63, 3.8) is 0 Å². The zero-order valence-corrected chi connectivity index (χ0v) is 13.8. The molecule has 0 aromatic carbocycles. The summed E-state index contributed by atoms with van der Waals surface area (Å²) >= 11 is 0. The van der Waals surface area contributed by atoms with Crippen molar-refractivity contribution in [3.05, 3.63) is 5.21 Å². The molecule has 20 heavy (non-hydrogen) atoms. The van der Waals surface area contributed by atoms with Crippen LogP contribution in [-0.2, 0) is 0 Å². The predicted octanol–water partition coefficient (Wildman–Crippen LogP) is 4.48. The lowest BCUT2D eigenvalue weighted by Gasteiger charge is -2.29. The van der Waals surface area contributed by atoms with Crippen molar-refractivity contribution in [1.29, 1.82) is 0 Å². The second-order valence-electron chi connectivity index (χ2n) is 6.83. The summed E-state index contributed by atoms with van der Waals surface area (Å²) in [6.07, 6.45) is 18.8. The molecule has 1 aliphatic rings. The maximum absolute atomic E-state index is 11.9. The number of hydroxylamine groups is 2. The summed E-state index contributed by atoms with van der Waals surface area (Å²) in [5.74, 6) is 0.731. The normalized spacial score (nSPS) is 18.3. The standard InChI is InChI=1S/C18H37NO/c1-2-3-4-5-6-7-8-9-13-16-19(20)17-18-14-11-10-12-15-18/h18-19H,2-17H2,1H3. The second-order valence-corrected chi connectivity index (χ2v) is 6.83. The second kappa shape index (κ2) is 12.6. The van der Waals surface area contributed by atoms with Crippen molar-refractivity contribution < 1.29 is 5.06 Å². The molecule has 0 aromatic heterocycles. The number of nitrogens with one attached hydrogen (secondary N) is 1. The van der Waals surface area contributed by atoms with E-state index in [2.05, 4.69) is 6.92 Å². The fourth-order valence-corrected chi connectivity index (χ4v) is 3.45. The van der Waals surface area contributed by atoms with E-state index in [4.69, 9.17) is 0 Å². The van der Waals surface area contributed by atoms with Crippen LogP contribution >= 0.6 is 0 Å². The van der Waals surface area contributed by atoms with Crippen LogP contribution in [0, 0.1) is 11.1 Å². The van der Waals surface area contributed by atoms with E-state index in [1.54, 1.807) is 0 Å². The molecule has 0 amide bonds. The van der Waals surface area contributed by atoms with Crippen LogP contribution in [0.5, 0.6) is 0 Å². The molecule has 0 bridgehead atoms. The molecular formula is C18H37NO. The molecule has 0 heterocycles. The first-order valence-corrected chi connectivity index (χ1v) is 9.34. The van der Waals surface area contributed by atoms with Crippen molar-refractivity contribution >= 4 is 0 Å². The van der Waals surface area contributed by atoms with E-state index in [0.717, 1.165) is 25.4 Å². The summed E-state index contributed by atoms with van der Waals surface area (Å²) in [6, 6.07) is 0. The molecular weight excluding hydrogens is 246 g/mol. The van der Waals surface area contributed by atoms with E-state index < -0.39 is 0 Å². The van der Waals surface area contributed by atoms with Gasteiger partial charge in [-0.1, -0.05) is 71.1 Å². The molecule has 0 spiro atoms. The summed E-state index contributed by atoms with van der Waals surface area (Å²) in [4.78, 5) is 0. The van der Waals surface area contributed by atoms with Gasteiger partial charge in [0.25, 0.3) is 0 Å². The van der Waals surface area contributed by atoms with Gasteiger partial charge in [0.2, 0.25) is 0 Å². The Kier molecular flexibility index (Phi) is 11.4. The average Bonchev–Trinajstić information content (AvgIpc) is 2.46. The molecule has 0 saturated heterocycles. The van der Waals surface area contributed by atoms with Gasteiger partial charge in [0.1, 0.15) is 0 Å². The molecule has 1 atom stereocenters. The number of quaternary nitrogens is 1. The predicted molar refractivity (Wildman–Crippen MR) is 87.9 cm³/mol. The third-order valence-corrected chi connectivity index (χ3v) is 4.80. The molecule has 1 rings (SSSR count). The van der Waals surface area contributed by atoms with Gasteiger partial charge >= 0.3 is 0 Å². The third-order valence-electron chi connectivity index (χ3n) is 4.80. The van der Waals surface area contributed by atoms with Gasteiger partial charge in [-0.05, 0) is 25.7 Å². The van der Waals surface area contributed by atoms with Gasteiger partial charge < -0.3 is 10.3 Å². The summed E-state index contributed by atoms with van der Waals surface area (Å²) in [5.41, 5.74) is 0. The smallest absolute Gasteiger partial charge is 0.0796 e. The molecule has 2 nitrogen and oxygen atoms in total. The Hall–Kier alpha value is -0.0800. The van der Waals surface area contributed by atoms with Gasteiger partial charge in [-0.25, -0.2) is 0 Å². The Morgan fingerprint density at radius 1 is 0.800 bits per heavy atom. The highest BCUT2D eigenvalue weighted by Gasteiger charge is 2.15. The lowest BCUT2D eigenvalue weighted by atomic mass is 9.89. The molecule has 1 fully saturated rings. The Morgan fingerprint density at radius 2 is 1.35 bits per heavy atom. The van der Waals surface area contributed by atoms with E-state index >= 15 is 0 Å². The molecule has 0 aromatic rings. The Bertz CT molecular complexity index is 202. The molecule has 1 aliphatic carbocycles. The van der Waals surface area contributed by atoms with Crippen molar-refractivity contribution in [2.24, 2.45) is 5.92 Å². The van der Waals surface area contributed by atoms with Crippen molar-refractivity contribution in [2.45, 2.75) is 96.8 Å². The SMILES string of the molecule is CCCCCCCCCCC[NH+]([O-])CC1CCCCC1. The van der Waals surface area contributed by atoms with Crippen LogP contribution in [-0.4, -0.2) is 13.1 Å². The molecule has 1 unspecified atom stereocenters. The minimum absolute atomic E-state index is 0.542. The highest BCUT2D eigenvalue weighted by atomic mass is 16.5. The molecule has 1 saturated carbocycles. The van der Waals surface area contributed by atoms with Gasteiger partial charge in [-0.15, -0.1) is 0 Å². The third kappa shape index (κ3) is 9.77. The van der Waals surface area contributed by atoms with Crippen LogP contribution in [0.15, 0.2) is 0 Å². The summed E-state index contributed by atoms with van der Waals surface area (Å²) < 4.78 is 0. The van der Waals surface area contributed by atoms with E-state index in [1.807, 2.05) is 0 Å². The molecule has 0 radical (unpaired) electrons. The number of hydrogen-bond donors (Lipinski definition) is 1. The fourth-order valence-electron chi connectivity index (χ4n) is 3.45. The van der Waals surface area contributed by atoms with Crippen LogP contribution in [0.2, 0.25) is 0 Å². The molecule has 0 aliphatic heterocycles. The quantitative estimate of drug-likeness (QED) is 0.415. The number of rotatable bonds is 12. The monoisotopic (exact) mass is 283 g/mol. The number of hydrogen-bond acceptors (Lipinski definition) is 1. The van der Waals surface area contributed by atoms with Crippen LogP contribution in [0.3, 0.4) is 0 Å². The highest BCUT2D eigenvalue weighted by Crippen LogP contribution is 2.22. The first-order chi connectivity index (χ1) is 9.83. The van der Waals surface area contributed by atoms with Crippen molar-refractivity contribution in [3.8, 4) is 0 Å². The van der Waals surface area contributed by atoms with E-state index in [9.17, 15) is 5.21 Å². The van der Waals surface area contributed by atoms with Crippen LogP contribution in [0.1, 0.15) is 96.8 Å². The van der Waals surface area contributed by atoms with E-state index in [0.29, 0.717) is 5.06 Å². The maximum Gasteiger partial charge on any atom is 0.0796 e. The largest absolute Gasteiger partial charge is 0.634 e. The molecule has 1 N–H and O–H groups in total. The topological polar surface area (TPSA) is 27.5 Å². The molecule has 2 heteroatoms. The lowest BCUT2D eigenvalue weighted by molar-refractivity contribution is -0.852. The van der Waals surface area contributed by atoms with Gasteiger partial charge in [0, 0.05) is 5.92 Å². The maximum atomic E-state index is 11.9. The van der Waals surface area contributed by atoms with Crippen LogP contribution in [0.4, 0.5) is 0 Å². The Labute approximate surface area is 126 Å². The van der Waals surface area contributed by atoms with Crippen LogP contribution in [0.25, 0.3) is 0 Å². The first kappa shape index (κ1) is 18.0. The Morgan fingerprint density at radius 3 is 1.95 bits per heavy atom. The minimum atomic E-state index is 0.542. The number of unbranched alkanes of at least 4 members (excludes halogenated alkanes) is 8. The molecule has 120 valence electrons. The van der Waals surface area contributed by atoms with Gasteiger partial charge in [-0.2, -0.15) is 0 Å². The van der Waals surface area contributed by atoms with E-state index in [1.165, 1.54) is 83.5 Å². The zero-order valence-electron chi connectivity index (χ0n) is 13.8.